The van der Waals surface area contributed by atoms with E-state index < -0.39 is 11.3 Å². The van der Waals surface area contributed by atoms with E-state index in [0.717, 1.165) is 37.0 Å². The molecule has 7 heteroatoms. The van der Waals surface area contributed by atoms with Gasteiger partial charge in [0.15, 0.2) is 5.78 Å². The van der Waals surface area contributed by atoms with Crippen LogP contribution in [0.15, 0.2) is 0 Å². The molecule has 128 valence electrons. The predicted molar refractivity (Wildman–Crippen MR) is 90.8 cm³/mol. The van der Waals surface area contributed by atoms with Crippen molar-refractivity contribution in [3.63, 3.8) is 0 Å². The van der Waals surface area contributed by atoms with Crippen molar-refractivity contribution in [1.29, 1.82) is 0 Å². The summed E-state index contributed by atoms with van der Waals surface area (Å²) >= 11 is 1.13. The third-order valence-electron chi connectivity index (χ3n) is 5.42. The van der Waals surface area contributed by atoms with E-state index in [4.69, 9.17) is 11.5 Å². The minimum absolute atomic E-state index is 0.200. The number of amides is 2. The largest absolute Gasteiger partial charge is 0.390 e. The van der Waals surface area contributed by atoms with Crippen LogP contribution in [0.1, 0.15) is 64.1 Å². The van der Waals surface area contributed by atoms with E-state index in [9.17, 15) is 14.4 Å². The highest BCUT2D eigenvalue weighted by molar-refractivity contribution is 7.18. The smallest absolute Gasteiger partial charge is 0.254 e. The molecule has 2 amide bonds. The molecule has 1 aromatic heterocycles. The molecule has 4 rings (SSSR count). The number of primary amides is 1. The van der Waals surface area contributed by atoms with Gasteiger partial charge in [0.1, 0.15) is 5.41 Å². The second-order valence-electron chi connectivity index (χ2n) is 7.32. The molecule has 1 heterocycles. The predicted octanol–water partition coefficient (Wildman–Crippen LogP) is 1.62. The van der Waals surface area contributed by atoms with E-state index in [1.54, 1.807) is 0 Å². The lowest BCUT2D eigenvalue weighted by atomic mass is 9.69. The molecule has 6 nitrogen and oxygen atoms in total. The molecule has 0 aromatic carbocycles. The summed E-state index contributed by atoms with van der Waals surface area (Å²) in [5, 5.41) is 3.29. The Bertz CT molecular complexity index is 749. The number of hydrogen-bond donors (Lipinski definition) is 3. The van der Waals surface area contributed by atoms with Crippen molar-refractivity contribution in [2.24, 2.45) is 17.1 Å². The Balaban J connectivity index is 1.69. The highest BCUT2D eigenvalue weighted by Crippen LogP contribution is 2.49. The van der Waals surface area contributed by atoms with Gasteiger partial charge in [-0.2, -0.15) is 0 Å². The van der Waals surface area contributed by atoms with Crippen LogP contribution < -0.4 is 16.8 Å². The molecule has 1 unspecified atom stereocenters. The van der Waals surface area contributed by atoms with Gasteiger partial charge in [-0.1, -0.05) is 12.8 Å². The van der Waals surface area contributed by atoms with E-state index in [0.29, 0.717) is 46.2 Å². The Kier molecular flexibility index (Phi) is 3.46. The molecule has 3 aliphatic rings. The molecular formula is C17H21N3O3S. The highest BCUT2D eigenvalue weighted by Gasteiger charge is 2.51. The van der Waals surface area contributed by atoms with Gasteiger partial charge in [-0.15, -0.1) is 11.3 Å². The van der Waals surface area contributed by atoms with Gasteiger partial charge < -0.3 is 16.8 Å². The van der Waals surface area contributed by atoms with Crippen LogP contribution in [-0.4, -0.2) is 23.6 Å². The molecule has 2 saturated carbocycles. The first-order chi connectivity index (χ1) is 11.4. The summed E-state index contributed by atoms with van der Waals surface area (Å²) < 4.78 is 0. The molecule has 0 spiro atoms. The van der Waals surface area contributed by atoms with E-state index in [2.05, 4.69) is 5.32 Å². The normalized spacial score (nSPS) is 26.1. The number of ketones is 1. The van der Waals surface area contributed by atoms with Gasteiger partial charge in [0, 0.05) is 6.04 Å². The first-order valence-electron chi connectivity index (χ1n) is 8.49. The molecule has 2 fully saturated rings. The maximum atomic E-state index is 13.1. The zero-order chi connectivity index (χ0) is 17.1. The number of anilines is 1. The van der Waals surface area contributed by atoms with E-state index in [1.807, 2.05) is 0 Å². The molecule has 1 aromatic rings. The topological polar surface area (TPSA) is 115 Å². The van der Waals surface area contributed by atoms with Gasteiger partial charge in [-0.25, -0.2) is 0 Å². The monoisotopic (exact) mass is 347 g/mol. The number of rotatable bonds is 5. The number of nitrogen functional groups attached to an aromatic ring is 1. The molecule has 5 N–H and O–H groups in total. The van der Waals surface area contributed by atoms with Crippen LogP contribution in [0, 0.1) is 11.3 Å². The molecule has 0 radical (unpaired) electrons. The van der Waals surface area contributed by atoms with Crippen molar-refractivity contribution in [2.75, 3.05) is 5.73 Å². The Morgan fingerprint density at radius 2 is 1.96 bits per heavy atom. The first kappa shape index (κ1) is 15.6. The summed E-state index contributed by atoms with van der Waals surface area (Å²) in [5.74, 6) is -0.557. The van der Waals surface area contributed by atoms with Crippen molar-refractivity contribution in [3.05, 3.63) is 16.0 Å². The molecule has 24 heavy (non-hydrogen) atoms. The summed E-state index contributed by atoms with van der Waals surface area (Å²) in [4.78, 5) is 38.1. The van der Waals surface area contributed by atoms with Crippen LogP contribution in [0.5, 0.6) is 0 Å². The minimum atomic E-state index is -1.12. The van der Waals surface area contributed by atoms with Gasteiger partial charge in [0.2, 0.25) is 5.91 Å². The van der Waals surface area contributed by atoms with Crippen LogP contribution in [0.25, 0.3) is 0 Å². The molecule has 0 saturated heterocycles. The second-order valence-corrected chi connectivity index (χ2v) is 8.37. The Hall–Kier alpha value is -1.89. The van der Waals surface area contributed by atoms with Gasteiger partial charge in [0.25, 0.3) is 5.91 Å². The highest BCUT2D eigenvalue weighted by atomic mass is 32.1. The maximum Gasteiger partial charge on any atom is 0.254 e. The van der Waals surface area contributed by atoms with Crippen LogP contribution in [0.3, 0.4) is 0 Å². The number of nitrogens with two attached hydrogens (primary N) is 2. The average Bonchev–Trinajstić information content (AvgIpc) is 3.43. The number of Topliss-reactive ketones (excluding diaryl/α,β-unsaturated/α-hetero) is 1. The maximum absolute atomic E-state index is 13.1. The molecule has 0 aliphatic heterocycles. The number of fused-ring (bicyclic) bond motifs is 1. The number of thiophene rings is 1. The van der Waals surface area contributed by atoms with Crippen LogP contribution >= 0.6 is 11.3 Å². The number of hydrogen-bond acceptors (Lipinski definition) is 5. The summed E-state index contributed by atoms with van der Waals surface area (Å²) in [5.41, 5.74) is 11.7. The fourth-order valence-corrected chi connectivity index (χ4v) is 4.81. The minimum Gasteiger partial charge on any atom is -0.390 e. The Morgan fingerprint density at radius 3 is 2.54 bits per heavy atom. The van der Waals surface area contributed by atoms with Crippen LogP contribution in [0.4, 0.5) is 5.00 Å². The third-order valence-corrected chi connectivity index (χ3v) is 6.48. The quantitative estimate of drug-likeness (QED) is 0.702. The molecule has 3 aliphatic carbocycles. The fraction of sp³-hybridized carbons (Fsp3) is 0.588. The van der Waals surface area contributed by atoms with Gasteiger partial charge in [-0.05, 0) is 43.6 Å². The summed E-state index contributed by atoms with van der Waals surface area (Å²) in [6.45, 7) is 0. The molecule has 0 bridgehead atoms. The van der Waals surface area contributed by atoms with Crippen LogP contribution in [0.2, 0.25) is 0 Å². The number of carbonyl (C=O) groups excluding carboxylic acids is 3. The molecular weight excluding hydrogens is 326 g/mol. The van der Waals surface area contributed by atoms with Crippen molar-refractivity contribution in [3.8, 4) is 0 Å². The zero-order valence-corrected chi connectivity index (χ0v) is 14.2. The summed E-state index contributed by atoms with van der Waals surface area (Å²) in [6.07, 6.45) is 5.49. The second kappa shape index (κ2) is 5.31. The van der Waals surface area contributed by atoms with Crippen molar-refractivity contribution in [1.82, 2.24) is 5.32 Å². The lowest BCUT2D eigenvalue weighted by Crippen LogP contribution is -2.47. The van der Waals surface area contributed by atoms with Crippen molar-refractivity contribution in [2.45, 2.75) is 51.0 Å². The third kappa shape index (κ3) is 2.42. The Labute approximate surface area is 144 Å². The first-order valence-corrected chi connectivity index (χ1v) is 9.31. The number of nitrogens with one attached hydrogen (secondary N) is 1. The summed E-state index contributed by atoms with van der Waals surface area (Å²) in [7, 11) is 0. The van der Waals surface area contributed by atoms with E-state index in [1.165, 1.54) is 0 Å². The van der Waals surface area contributed by atoms with Gasteiger partial charge in [-0.3, -0.25) is 14.4 Å². The molecule has 1 atom stereocenters. The van der Waals surface area contributed by atoms with Crippen molar-refractivity contribution < 1.29 is 14.4 Å². The van der Waals surface area contributed by atoms with Gasteiger partial charge >= 0.3 is 0 Å². The van der Waals surface area contributed by atoms with E-state index >= 15 is 0 Å². The average molecular weight is 347 g/mol. The van der Waals surface area contributed by atoms with Crippen LogP contribution in [-0.2, 0) is 11.2 Å². The number of carbonyl (C=O) groups is 3. The summed E-state index contributed by atoms with van der Waals surface area (Å²) in [6, 6.07) is 0.228. The fourth-order valence-electron chi connectivity index (χ4n) is 3.66. The zero-order valence-electron chi connectivity index (χ0n) is 13.4. The lowest BCUT2D eigenvalue weighted by molar-refractivity contribution is -0.126. The Morgan fingerprint density at radius 1 is 1.25 bits per heavy atom. The van der Waals surface area contributed by atoms with Crippen molar-refractivity contribution >= 4 is 33.9 Å². The lowest BCUT2D eigenvalue weighted by Gasteiger charge is -2.32. The van der Waals surface area contributed by atoms with Gasteiger partial charge in [0.05, 0.1) is 15.4 Å². The SMILES string of the molecule is NC(=O)C1(CC2CC2)CCc2c(sc(N)c2C(=O)NC2CC2)C1=O. The standard InChI is InChI=1S/C17H21N3O3S/c18-14-11(15(22)20-9-3-4-9)10-5-6-17(16(19)23,7-8-1-2-8)13(21)12(10)24-14/h8-9H,1-7,18H2,(H2,19,23)(H,20,22). The van der Waals surface area contributed by atoms with E-state index in [-0.39, 0.29) is 17.7 Å².